The zero-order chi connectivity index (χ0) is 14.5. The van der Waals surface area contributed by atoms with E-state index in [0.29, 0.717) is 11.0 Å². The molecule has 0 atom stereocenters. The first-order valence-corrected chi connectivity index (χ1v) is 7.40. The van der Waals surface area contributed by atoms with Crippen molar-refractivity contribution in [3.8, 4) is 0 Å². The molecule has 0 aliphatic carbocycles. The van der Waals surface area contributed by atoms with Crippen LogP contribution in [0.4, 0.5) is 5.82 Å². The maximum atomic E-state index is 6.12. The Labute approximate surface area is 129 Å². The van der Waals surface area contributed by atoms with Gasteiger partial charge in [0.15, 0.2) is 0 Å². The van der Waals surface area contributed by atoms with Crippen LogP contribution in [0, 0.1) is 0 Å². The zero-order valence-corrected chi connectivity index (χ0v) is 13.1. The fraction of sp³-hybridized carbons (Fsp3) is 0.333. The number of anilines is 1. The number of halogens is 2. The van der Waals surface area contributed by atoms with E-state index in [1.165, 1.54) is 11.9 Å². The summed E-state index contributed by atoms with van der Waals surface area (Å²) < 4.78 is 0. The number of alkyl halides is 1. The topological polar surface area (TPSA) is 29.0 Å². The van der Waals surface area contributed by atoms with Gasteiger partial charge in [-0.05, 0) is 19.4 Å². The molecule has 2 rings (SSSR count). The SMILES string of the molecule is CC(C)N(Cc1ccccc1)c1ncnc(Cl)c1CCl. The number of aromatic nitrogens is 2. The van der Waals surface area contributed by atoms with Crippen LogP contribution in [0.2, 0.25) is 5.15 Å². The third-order valence-electron chi connectivity index (χ3n) is 3.09. The molecular formula is C15H17Cl2N3. The van der Waals surface area contributed by atoms with Crippen molar-refractivity contribution in [3.05, 3.63) is 52.9 Å². The summed E-state index contributed by atoms with van der Waals surface area (Å²) in [4.78, 5) is 10.6. The van der Waals surface area contributed by atoms with E-state index in [0.717, 1.165) is 17.9 Å². The summed E-state index contributed by atoms with van der Waals surface area (Å²) >= 11 is 12.1. The molecule has 0 fully saturated rings. The van der Waals surface area contributed by atoms with Crippen molar-refractivity contribution in [2.45, 2.75) is 32.3 Å². The zero-order valence-electron chi connectivity index (χ0n) is 11.6. The first kappa shape index (κ1) is 15.1. The van der Waals surface area contributed by atoms with E-state index in [-0.39, 0.29) is 6.04 Å². The molecule has 1 aromatic heterocycles. The second-order valence-electron chi connectivity index (χ2n) is 4.81. The molecule has 106 valence electrons. The van der Waals surface area contributed by atoms with Crippen molar-refractivity contribution in [3.63, 3.8) is 0 Å². The lowest BCUT2D eigenvalue weighted by atomic mass is 10.1. The summed E-state index contributed by atoms with van der Waals surface area (Å²) in [5, 5.41) is 0.420. The molecule has 1 heterocycles. The van der Waals surface area contributed by atoms with Crippen LogP contribution in [0.15, 0.2) is 36.7 Å². The standard InChI is InChI=1S/C15H17Cl2N3/c1-11(2)20(9-12-6-4-3-5-7-12)15-13(8-16)14(17)18-10-19-15/h3-7,10-11H,8-9H2,1-2H3. The third-order valence-corrected chi connectivity index (χ3v) is 3.69. The largest absolute Gasteiger partial charge is 0.349 e. The summed E-state index contributed by atoms with van der Waals surface area (Å²) in [5.41, 5.74) is 2.00. The summed E-state index contributed by atoms with van der Waals surface area (Å²) in [6.45, 7) is 5.00. The number of benzene rings is 1. The van der Waals surface area contributed by atoms with Crippen LogP contribution in [0.25, 0.3) is 0 Å². The van der Waals surface area contributed by atoms with Crippen molar-refractivity contribution in [1.82, 2.24) is 9.97 Å². The molecule has 0 aliphatic rings. The average molecular weight is 310 g/mol. The molecule has 20 heavy (non-hydrogen) atoms. The number of nitrogens with zero attached hydrogens (tertiary/aromatic N) is 3. The van der Waals surface area contributed by atoms with Crippen molar-refractivity contribution in [2.75, 3.05) is 4.90 Å². The minimum atomic E-state index is 0.281. The van der Waals surface area contributed by atoms with Gasteiger partial charge in [-0.15, -0.1) is 11.6 Å². The van der Waals surface area contributed by atoms with Crippen LogP contribution in [-0.4, -0.2) is 16.0 Å². The quantitative estimate of drug-likeness (QED) is 0.609. The Balaban J connectivity index is 2.37. The average Bonchev–Trinajstić information content (AvgIpc) is 2.45. The summed E-state index contributed by atoms with van der Waals surface area (Å²) in [6, 6.07) is 10.5. The highest BCUT2D eigenvalue weighted by atomic mass is 35.5. The van der Waals surface area contributed by atoms with Crippen molar-refractivity contribution in [2.24, 2.45) is 0 Å². The number of rotatable bonds is 5. The van der Waals surface area contributed by atoms with Gasteiger partial charge in [-0.3, -0.25) is 0 Å². The summed E-state index contributed by atoms with van der Waals surface area (Å²) in [5.74, 6) is 1.10. The van der Waals surface area contributed by atoms with E-state index < -0.39 is 0 Å². The molecule has 0 saturated heterocycles. The Morgan fingerprint density at radius 3 is 2.45 bits per heavy atom. The maximum Gasteiger partial charge on any atom is 0.138 e. The van der Waals surface area contributed by atoms with Gasteiger partial charge in [0.05, 0.1) is 5.88 Å². The van der Waals surface area contributed by atoms with Gasteiger partial charge >= 0.3 is 0 Å². The lowest BCUT2D eigenvalue weighted by Gasteiger charge is -2.29. The molecule has 0 N–H and O–H groups in total. The highest BCUT2D eigenvalue weighted by Gasteiger charge is 2.18. The van der Waals surface area contributed by atoms with Crippen molar-refractivity contribution >= 4 is 29.0 Å². The van der Waals surface area contributed by atoms with Crippen LogP contribution < -0.4 is 4.90 Å². The van der Waals surface area contributed by atoms with Gasteiger partial charge < -0.3 is 4.90 Å². The molecule has 0 aliphatic heterocycles. The Kier molecular flexibility index (Phi) is 5.21. The van der Waals surface area contributed by atoms with Gasteiger partial charge in [0.1, 0.15) is 17.3 Å². The van der Waals surface area contributed by atoms with Gasteiger partial charge in [-0.1, -0.05) is 41.9 Å². The maximum absolute atomic E-state index is 6.12. The van der Waals surface area contributed by atoms with Crippen LogP contribution >= 0.6 is 23.2 Å². The van der Waals surface area contributed by atoms with Gasteiger partial charge in [-0.2, -0.15) is 0 Å². The second kappa shape index (κ2) is 6.91. The lowest BCUT2D eigenvalue weighted by Crippen LogP contribution is -2.32. The summed E-state index contributed by atoms with van der Waals surface area (Å²) in [7, 11) is 0. The van der Waals surface area contributed by atoms with Crippen LogP contribution in [-0.2, 0) is 12.4 Å². The molecule has 0 spiro atoms. The van der Waals surface area contributed by atoms with Crippen molar-refractivity contribution in [1.29, 1.82) is 0 Å². The molecule has 2 aromatic rings. The number of hydrogen-bond donors (Lipinski definition) is 0. The smallest absolute Gasteiger partial charge is 0.138 e. The van der Waals surface area contributed by atoms with Gasteiger partial charge in [0.2, 0.25) is 0 Å². The predicted molar refractivity (Wildman–Crippen MR) is 84.4 cm³/mol. The Morgan fingerprint density at radius 1 is 1.15 bits per heavy atom. The highest BCUT2D eigenvalue weighted by molar-refractivity contribution is 6.31. The molecule has 5 heteroatoms. The van der Waals surface area contributed by atoms with E-state index in [1.54, 1.807) is 0 Å². The Bertz CT molecular complexity index is 558. The third kappa shape index (κ3) is 3.41. The van der Waals surface area contributed by atoms with Crippen LogP contribution in [0.3, 0.4) is 0 Å². The normalized spacial score (nSPS) is 10.8. The first-order valence-electron chi connectivity index (χ1n) is 6.49. The monoisotopic (exact) mass is 309 g/mol. The fourth-order valence-corrected chi connectivity index (χ4v) is 2.54. The predicted octanol–water partition coefficient (Wildman–Crippen LogP) is 4.28. The first-order chi connectivity index (χ1) is 9.63. The molecular weight excluding hydrogens is 293 g/mol. The Hall–Kier alpha value is -1.32. The van der Waals surface area contributed by atoms with Crippen LogP contribution in [0.5, 0.6) is 0 Å². The molecule has 0 amide bonds. The van der Waals surface area contributed by atoms with Gasteiger partial charge in [-0.25, -0.2) is 9.97 Å². The molecule has 0 bridgehead atoms. The Morgan fingerprint density at radius 2 is 1.85 bits per heavy atom. The van der Waals surface area contributed by atoms with Gasteiger partial charge in [0.25, 0.3) is 0 Å². The molecule has 0 saturated carbocycles. The minimum Gasteiger partial charge on any atom is -0.349 e. The van der Waals surface area contributed by atoms with Crippen LogP contribution in [0.1, 0.15) is 25.0 Å². The highest BCUT2D eigenvalue weighted by Crippen LogP contribution is 2.27. The molecule has 0 unspecified atom stereocenters. The summed E-state index contributed by atoms with van der Waals surface area (Å²) in [6.07, 6.45) is 1.48. The second-order valence-corrected chi connectivity index (χ2v) is 5.43. The van der Waals surface area contributed by atoms with E-state index >= 15 is 0 Å². The van der Waals surface area contributed by atoms with Gasteiger partial charge in [0, 0.05) is 18.2 Å². The fourth-order valence-electron chi connectivity index (χ4n) is 2.03. The van der Waals surface area contributed by atoms with Crippen molar-refractivity contribution < 1.29 is 0 Å². The number of hydrogen-bond acceptors (Lipinski definition) is 3. The van der Waals surface area contributed by atoms with E-state index in [2.05, 4.69) is 40.8 Å². The molecule has 3 nitrogen and oxygen atoms in total. The molecule has 1 aromatic carbocycles. The lowest BCUT2D eigenvalue weighted by molar-refractivity contribution is 0.668. The van der Waals surface area contributed by atoms with E-state index in [1.807, 2.05) is 18.2 Å². The molecule has 0 radical (unpaired) electrons. The minimum absolute atomic E-state index is 0.281. The van der Waals surface area contributed by atoms with E-state index in [4.69, 9.17) is 23.2 Å². The van der Waals surface area contributed by atoms with E-state index in [9.17, 15) is 0 Å².